The number of piperazine rings is 1. The standard InChI is InChI=1S/C25H43N5O2.HI/c1-3-26-25(30-15-11-24(12-16-30)32-22-8-21-31-2)27-13-7-14-28-17-19-29(20-18-28)23-9-5-4-6-10-23;/h4-6,9-10,24H,3,7-8,11-22H2,1-2H3,(H,26,27);1H. The molecule has 2 saturated heterocycles. The quantitative estimate of drug-likeness (QED) is 0.190. The van der Waals surface area contributed by atoms with E-state index < -0.39 is 0 Å². The number of methoxy groups -OCH3 is 1. The summed E-state index contributed by atoms with van der Waals surface area (Å²) in [4.78, 5) is 12.4. The Balaban J connectivity index is 0.00000385. The molecular formula is C25H44IN5O2. The number of aliphatic imine (C=N–C) groups is 1. The number of para-hydroxylation sites is 1. The minimum Gasteiger partial charge on any atom is -0.385 e. The predicted octanol–water partition coefficient (Wildman–Crippen LogP) is 3.30. The zero-order valence-electron chi connectivity index (χ0n) is 20.6. The van der Waals surface area contributed by atoms with Gasteiger partial charge in [-0.15, -0.1) is 24.0 Å². The third kappa shape index (κ3) is 9.96. The number of nitrogens with zero attached hydrogens (tertiary/aromatic N) is 4. The van der Waals surface area contributed by atoms with Crippen molar-refractivity contribution < 1.29 is 9.47 Å². The van der Waals surface area contributed by atoms with Gasteiger partial charge in [0, 0.05) is 84.9 Å². The van der Waals surface area contributed by atoms with Crippen LogP contribution in [0, 0.1) is 0 Å². The molecule has 0 unspecified atom stereocenters. The number of hydrogen-bond donors (Lipinski definition) is 1. The molecule has 8 heteroatoms. The summed E-state index contributed by atoms with van der Waals surface area (Å²) in [5, 5.41) is 3.49. The molecule has 0 radical (unpaired) electrons. The van der Waals surface area contributed by atoms with Crippen LogP contribution in [0.25, 0.3) is 0 Å². The summed E-state index contributed by atoms with van der Waals surface area (Å²) >= 11 is 0. The van der Waals surface area contributed by atoms with Gasteiger partial charge in [0.25, 0.3) is 0 Å². The molecule has 1 N–H and O–H groups in total. The van der Waals surface area contributed by atoms with Crippen LogP contribution < -0.4 is 10.2 Å². The second kappa shape index (κ2) is 16.5. The number of likely N-dealkylation sites (tertiary alicyclic amines) is 1. The number of halogens is 1. The van der Waals surface area contributed by atoms with Crippen molar-refractivity contribution in [2.75, 3.05) is 84.1 Å². The first kappa shape index (κ1) is 28.1. The molecule has 3 rings (SSSR count). The lowest BCUT2D eigenvalue weighted by molar-refractivity contribution is 0.00990. The van der Waals surface area contributed by atoms with Crippen molar-refractivity contribution in [3.8, 4) is 0 Å². The van der Waals surface area contributed by atoms with Gasteiger partial charge in [0.1, 0.15) is 0 Å². The molecule has 0 aliphatic carbocycles. The maximum atomic E-state index is 6.00. The van der Waals surface area contributed by atoms with Crippen molar-refractivity contribution in [3.05, 3.63) is 30.3 Å². The number of anilines is 1. The fourth-order valence-electron chi connectivity index (χ4n) is 4.46. The summed E-state index contributed by atoms with van der Waals surface area (Å²) in [6.45, 7) is 13.2. The Hall–Kier alpha value is -1.10. The third-order valence-electron chi connectivity index (χ3n) is 6.31. The molecule has 0 atom stereocenters. The molecule has 2 aliphatic rings. The van der Waals surface area contributed by atoms with E-state index in [-0.39, 0.29) is 24.0 Å². The molecule has 2 heterocycles. The molecule has 7 nitrogen and oxygen atoms in total. The van der Waals surface area contributed by atoms with Crippen LogP contribution in [0.2, 0.25) is 0 Å². The predicted molar refractivity (Wildman–Crippen MR) is 148 cm³/mol. The molecule has 188 valence electrons. The molecule has 0 amide bonds. The molecule has 2 aliphatic heterocycles. The van der Waals surface area contributed by atoms with Gasteiger partial charge in [-0.05, 0) is 44.7 Å². The van der Waals surface area contributed by atoms with Crippen LogP contribution in [0.4, 0.5) is 5.69 Å². The SMILES string of the molecule is CCNC(=NCCCN1CCN(c2ccccc2)CC1)N1CCC(OCCCOC)CC1.I. The summed E-state index contributed by atoms with van der Waals surface area (Å²) in [6.07, 6.45) is 4.61. The first-order valence-electron chi connectivity index (χ1n) is 12.5. The average Bonchev–Trinajstić information content (AvgIpc) is 2.85. The second-order valence-corrected chi connectivity index (χ2v) is 8.66. The van der Waals surface area contributed by atoms with Crippen molar-refractivity contribution in [2.24, 2.45) is 4.99 Å². The second-order valence-electron chi connectivity index (χ2n) is 8.66. The van der Waals surface area contributed by atoms with Crippen molar-refractivity contribution in [3.63, 3.8) is 0 Å². The number of benzene rings is 1. The summed E-state index contributed by atoms with van der Waals surface area (Å²) < 4.78 is 11.1. The van der Waals surface area contributed by atoms with E-state index in [1.807, 2.05) is 0 Å². The summed E-state index contributed by atoms with van der Waals surface area (Å²) in [7, 11) is 1.74. The number of guanidine groups is 1. The summed E-state index contributed by atoms with van der Waals surface area (Å²) in [5.74, 6) is 1.07. The smallest absolute Gasteiger partial charge is 0.193 e. The van der Waals surface area contributed by atoms with E-state index in [1.165, 1.54) is 5.69 Å². The number of rotatable bonds is 11. The van der Waals surface area contributed by atoms with E-state index in [0.29, 0.717) is 6.10 Å². The molecule has 33 heavy (non-hydrogen) atoms. The lowest BCUT2D eigenvalue weighted by atomic mass is 10.1. The number of piperidine rings is 1. The van der Waals surface area contributed by atoms with Crippen molar-refractivity contribution in [2.45, 2.75) is 38.7 Å². The lowest BCUT2D eigenvalue weighted by Gasteiger charge is -2.36. The Bertz CT molecular complexity index is 647. The van der Waals surface area contributed by atoms with Gasteiger partial charge in [-0.3, -0.25) is 9.89 Å². The van der Waals surface area contributed by atoms with Crippen LogP contribution in [0.5, 0.6) is 0 Å². The van der Waals surface area contributed by atoms with Gasteiger partial charge < -0.3 is 24.6 Å². The van der Waals surface area contributed by atoms with Crippen LogP contribution in [-0.2, 0) is 9.47 Å². The van der Waals surface area contributed by atoms with Gasteiger partial charge in [0.2, 0.25) is 0 Å². The van der Waals surface area contributed by atoms with E-state index in [9.17, 15) is 0 Å². The molecule has 1 aromatic rings. The van der Waals surface area contributed by atoms with Gasteiger partial charge in [0.15, 0.2) is 5.96 Å². The average molecular weight is 574 g/mol. The topological polar surface area (TPSA) is 52.6 Å². The van der Waals surface area contributed by atoms with Gasteiger partial charge in [-0.25, -0.2) is 0 Å². The monoisotopic (exact) mass is 573 g/mol. The number of hydrogen-bond acceptors (Lipinski definition) is 5. The van der Waals surface area contributed by atoms with Gasteiger partial charge >= 0.3 is 0 Å². The fourth-order valence-corrected chi connectivity index (χ4v) is 4.46. The lowest BCUT2D eigenvalue weighted by Crippen LogP contribution is -2.47. The highest BCUT2D eigenvalue weighted by Crippen LogP contribution is 2.16. The van der Waals surface area contributed by atoms with E-state index >= 15 is 0 Å². The normalized spacial score (nSPS) is 18.3. The zero-order chi connectivity index (χ0) is 22.4. The summed E-state index contributed by atoms with van der Waals surface area (Å²) in [6, 6.07) is 10.8. The first-order chi connectivity index (χ1) is 15.8. The van der Waals surface area contributed by atoms with Crippen molar-refractivity contribution in [1.82, 2.24) is 15.1 Å². The minimum absolute atomic E-state index is 0. The van der Waals surface area contributed by atoms with E-state index in [4.69, 9.17) is 14.5 Å². The van der Waals surface area contributed by atoms with Crippen LogP contribution in [0.3, 0.4) is 0 Å². The summed E-state index contributed by atoms with van der Waals surface area (Å²) in [5.41, 5.74) is 1.34. The Morgan fingerprint density at radius 1 is 1.00 bits per heavy atom. The maximum absolute atomic E-state index is 6.00. The molecule has 0 aromatic heterocycles. The largest absolute Gasteiger partial charge is 0.385 e. The highest BCUT2D eigenvalue weighted by molar-refractivity contribution is 14.0. The van der Waals surface area contributed by atoms with E-state index in [0.717, 1.165) is 104 Å². The van der Waals surface area contributed by atoms with Crippen molar-refractivity contribution >= 4 is 35.6 Å². The first-order valence-corrected chi connectivity index (χ1v) is 12.5. The Morgan fingerprint density at radius 2 is 1.73 bits per heavy atom. The fraction of sp³-hybridized carbons (Fsp3) is 0.720. The number of ether oxygens (including phenoxy) is 2. The molecular weight excluding hydrogens is 529 g/mol. The Labute approximate surface area is 217 Å². The van der Waals surface area contributed by atoms with Crippen LogP contribution in [0.1, 0.15) is 32.6 Å². The van der Waals surface area contributed by atoms with E-state index in [2.05, 4.69) is 57.3 Å². The van der Waals surface area contributed by atoms with Crippen LogP contribution in [0.15, 0.2) is 35.3 Å². The Morgan fingerprint density at radius 3 is 2.39 bits per heavy atom. The van der Waals surface area contributed by atoms with Gasteiger partial charge in [-0.2, -0.15) is 0 Å². The molecule has 0 saturated carbocycles. The molecule has 0 bridgehead atoms. The molecule has 2 fully saturated rings. The number of nitrogens with one attached hydrogen (secondary N) is 1. The van der Waals surface area contributed by atoms with Crippen LogP contribution in [-0.4, -0.2) is 101 Å². The highest BCUT2D eigenvalue weighted by atomic mass is 127. The van der Waals surface area contributed by atoms with Crippen molar-refractivity contribution in [1.29, 1.82) is 0 Å². The molecule has 0 spiro atoms. The van der Waals surface area contributed by atoms with Gasteiger partial charge in [0.05, 0.1) is 6.10 Å². The van der Waals surface area contributed by atoms with Crippen LogP contribution >= 0.6 is 24.0 Å². The minimum atomic E-state index is 0. The zero-order valence-corrected chi connectivity index (χ0v) is 22.9. The van der Waals surface area contributed by atoms with E-state index in [1.54, 1.807) is 7.11 Å². The Kier molecular flexibility index (Phi) is 14.1. The molecule has 1 aromatic carbocycles. The van der Waals surface area contributed by atoms with Gasteiger partial charge in [-0.1, -0.05) is 18.2 Å². The highest BCUT2D eigenvalue weighted by Gasteiger charge is 2.22. The third-order valence-corrected chi connectivity index (χ3v) is 6.31. The maximum Gasteiger partial charge on any atom is 0.193 e.